The van der Waals surface area contributed by atoms with E-state index in [1.54, 1.807) is 0 Å². The van der Waals surface area contributed by atoms with Crippen LogP contribution < -0.4 is 105 Å². The Morgan fingerprint density at radius 1 is 0.117 bits per heavy atom. The fourth-order valence-corrected chi connectivity index (χ4v) is 22.9. The first-order valence-electron chi connectivity index (χ1n) is 44.5. The zero-order valence-electron chi connectivity index (χ0n) is 69.8. The number of para-hydroxylation sites is 12. The van der Waals surface area contributed by atoms with Gasteiger partial charge in [0.15, 0.2) is 0 Å². The Kier molecular flexibility index (Phi) is 16.1. The lowest BCUT2D eigenvalue weighted by Gasteiger charge is -2.45. The van der Waals surface area contributed by atoms with Gasteiger partial charge in [-0.15, -0.1) is 0 Å². The molecule has 0 radical (unpaired) electrons. The van der Waals surface area contributed by atoms with E-state index in [1.165, 1.54) is 178 Å². The molecule has 0 amide bonds. The van der Waals surface area contributed by atoms with Crippen molar-refractivity contribution in [3.63, 3.8) is 0 Å². The van der Waals surface area contributed by atoms with Gasteiger partial charge in [-0.25, -0.2) is 0 Å². The van der Waals surface area contributed by atoms with Gasteiger partial charge in [-0.05, 0) is 281 Å². The van der Waals surface area contributed by atoms with E-state index in [9.17, 15) is 0 Å². The number of anilines is 24. The van der Waals surface area contributed by atoms with Crippen LogP contribution in [-0.2, 0) is 0 Å². The van der Waals surface area contributed by atoms with Gasteiger partial charge < -0.3 is 39.2 Å². The number of hydrogen-bond donors (Lipinski definition) is 0. The lowest BCUT2D eigenvalue weighted by atomic mass is 9.32. The second-order valence-electron chi connectivity index (χ2n) is 34.5. The van der Waals surface area contributed by atoms with E-state index in [2.05, 4.69) is 500 Å². The molecule has 20 aromatic carbocycles. The molecule has 28 rings (SSSR count). The molecule has 8 nitrogen and oxygen atoms in total. The minimum Gasteiger partial charge on any atom is -0.311 e. The van der Waals surface area contributed by atoms with Crippen molar-refractivity contribution in [3.8, 4) is 0 Å². The smallest absolute Gasteiger partial charge is 0.252 e. The lowest BCUT2D eigenvalue weighted by molar-refractivity contribution is 1.25. The summed E-state index contributed by atoms with van der Waals surface area (Å²) in [6, 6.07) is 171. The molecule has 0 aliphatic carbocycles. The highest BCUT2D eigenvalue weighted by molar-refractivity contribution is 7.03. The molecule has 0 saturated carbocycles. The van der Waals surface area contributed by atoms with E-state index in [0.717, 1.165) is 45.5 Å². The van der Waals surface area contributed by atoms with Crippen molar-refractivity contribution in [1.82, 2.24) is 0 Å². The van der Waals surface area contributed by atoms with Gasteiger partial charge in [-0.2, -0.15) is 0 Å². The van der Waals surface area contributed by atoms with Gasteiger partial charge in [-0.3, -0.25) is 0 Å². The second-order valence-corrected chi connectivity index (χ2v) is 34.5. The zero-order chi connectivity index (χ0) is 83.8. The highest BCUT2D eigenvalue weighted by atomic mass is 15.2. The normalized spacial score (nSPS) is 13.8. The summed E-state index contributed by atoms with van der Waals surface area (Å²) in [5.74, 6) is 0. The third-order valence-electron chi connectivity index (χ3n) is 27.9. The molecule has 0 saturated heterocycles. The number of benzene rings is 20. The van der Waals surface area contributed by atoms with Crippen LogP contribution in [0.2, 0.25) is 0 Å². The summed E-state index contributed by atoms with van der Waals surface area (Å²) in [4.78, 5) is 19.9. The number of fused-ring (bicyclic) bond motifs is 19. The average Bonchev–Trinajstić information content (AvgIpc) is 0.690. The van der Waals surface area contributed by atoms with E-state index in [-0.39, 0.29) is 26.9 Å². The Labute approximate surface area is 745 Å². The molecule has 8 aliphatic rings. The highest BCUT2D eigenvalue weighted by Gasteiger charge is 2.50. The van der Waals surface area contributed by atoms with Gasteiger partial charge in [-0.1, -0.05) is 267 Å². The van der Waals surface area contributed by atoms with Crippen molar-refractivity contribution in [1.29, 1.82) is 0 Å². The minimum absolute atomic E-state index is 0.0124. The first kappa shape index (κ1) is 72.1. The number of rotatable bonds is 8. The third-order valence-corrected chi connectivity index (χ3v) is 27.9. The Hall–Kier alpha value is -16.4. The predicted octanol–water partition coefficient (Wildman–Crippen LogP) is 22.0. The summed E-state index contributed by atoms with van der Waals surface area (Å²) in [6.45, 7) is 0.0729. The van der Waals surface area contributed by atoms with Gasteiger partial charge in [0.05, 0.1) is 0 Å². The van der Waals surface area contributed by atoms with Gasteiger partial charge in [0.25, 0.3) is 26.9 Å². The topological polar surface area (TPSA) is 25.9 Å². The van der Waals surface area contributed by atoms with Crippen LogP contribution in [0.5, 0.6) is 0 Å². The molecule has 8 aliphatic heterocycles. The van der Waals surface area contributed by atoms with Crippen molar-refractivity contribution in [2.24, 2.45) is 0 Å². The van der Waals surface area contributed by atoms with E-state index < -0.39 is 0 Å². The third kappa shape index (κ3) is 10.6. The molecule has 0 fully saturated rings. The van der Waals surface area contributed by atoms with Gasteiger partial charge in [0.1, 0.15) is 0 Å². The van der Waals surface area contributed by atoms with Crippen LogP contribution in [0.4, 0.5) is 136 Å². The molecular formula is C116H76B4N8. The molecule has 20 aromatic rings. The van der Waals surface area contributed by atoms with Gasteiger partial charge in [0.2, 0.25) is 0 Å². The molecule has 0 unspecified atom stereocenters. The van der Waals surface area contributed by atoms with Crippen molar-refractivity contribution in [2.75, 3.05) is 39.2 Å². The van der Waals surface area contributed by atoms with Crippen LogP contribution >= 0.6 is 0 Å². The average molecular weight is 1630 g/mol. The largest absolute Gasteiger partial charge is 0.311 e. The van der Waals surface area contributed by atoms with Crippen LogP contribution in [0.3, 0.4) is 0 Å². The summed E-state index contributed by atoms with van der Waals surface area (Å²) in [5, 5.41) is 4.96. The monoisotopic (exact) mass is 1620 g/mol. The van der Waals surface area contributed by atoms with E-state index in [1.807, 2.05) is 0 Å². The van der Waals surface area contributed by atoms with Gasteiger partial charge in [0, 0.05) is 136 Å². The molecule has 128 heavy (non-hydrogen) atoms. The first-order valence-corrected chi connectivity index (χ1v) is 44.5. The first-order chi connectivity index (χ1) is 63.6. The summed E-state index contributed by atoms with van der Waals surface area (Å²) < 4.78 is 0. The maximum absolute atomic E-state index is 2.54. The second kappa shape index (κ2) is 28.6. The SMILES string of the molecule is c1ccc(N2c3ccccc3B3c4cc5cc6c(cc5cc4N(c4ccccc4)c4cccc2c43)N(c2ccccc2)c2cccc3c2B6c2ccccc2N3c2ccccc2)cc1.c1ccc(N2c3ccccc3B3c4cc5ccc6c(c5cc4N(c4ccccc4)c4cccc2c43)B2c3ccccc3N(c3ccccc3)c3cccc(c32)N6c2ccccc2)cc1. The maximum atomic E-state index is 2.54. The molecule has 0 N–H and O–H groups in total. The molecule has 12 heteroatoms. The van der Waals surface area contributed by atoms with Crippen molar-refractivity contribution in [2.45, 2.75) is 0 Å². The summed E-state index contributed by atoms with van der Waals surface area (Å²) in [7, 11) is 0. The van der Waals surface area contributed by atoms with E-state index in [4.69, 9.17) is 0 Å². The number of hydrogen-bond acceptors (Lipinski definition) is 8. The fraction of sp³-hybridized carbons (Fsp3) is 0. The summed E-state index contributed by atoms with van der Waals surface area (Å²) in [6.07, 6.45) is 0. The quantitative estimate of drug-likeness (QED) is 0.139. The van der Waals surface area contributed by atoms with Crippen LogP contribution in [0, 0.1) is 0 Å². The molecule has 0 aromatic heterocycles. The van der Waals surface area contributed by atoms with E-state index in [0.29, 0.717) is 0 Å². The van der Waals surface area contributed by atoms with Crippen LogP contribution in [-0.4, -0.2) is 26.9 Å². The molecule has 0 spiro atoms. The van der Waals surface area contributed by atoms with Crippen molar-refractivity contribution < 1.29 is 0 Å². The molecule has 8 heterocycles. The van der Waals surface area contributed by atoms with Crippen molar-refractivity contribution in [3.05, 3.63) is 461 Å². The molecular weight excluding hydrogens is 1550 g/mol. The van der Waals surface area contributed by atoms with Crippen molar-refractivity contribution >= 4 is 250 Å². The zero-order valence-corrected chi connectivity index (χ0v) is 69.8. The molecule has 0 bridgehead atoms. The Bertz CT molecular complexity index is 7430. The standard InChI is InChI=1S/2C58H38B2N4/c1-5-19-41(20-6-1)61-49-29-15-13-27-45(49)59-47-35-39-36-48-56(38-40(39)37-55(47)63(43-23-9-3-10-24-43)53-33-17-31-51(61)57(53)59)64(44-25-11-4-12-26-44)54-34-18-32-52-58(54)60(48)46-28-14-16-30-50(46)62(52)42-21-7-2-8-22-42;1-5-19-40(20-6-1)61-48-29-15-13-27-45(48)59-47-37-39-35-36-54-56(44(39)38-55(47)64(43-25-11-4-12-26-43)51-32-17-31-50(61)57(51)59)60-46-28-14-16-30-49(46)62(41-21-7-2-8-22-41)52-33-18-34-53(58(52)60)63(54)42-23-9-3-10-24-42/h2*1-38H. The predicted molar refractivity (Wildman–Crippen MR) is 544 cm³/mol. The van der Waals surface area contributed by atoms with E-state index >= 15 is 0 Å². The Balaban J connectivity index is 0.000000132. The molecule has 0 atom stereocenters. The van der Waals surface area contributed by atoms with Crippen LogP contribution in [0.25, 0.3) is 21.5 Å². The maximum Gasteiger partial charge on any atom is 0.252 e. The number of nitrogens with zero attached hydrogens (tertiary/aromatic N) is 8. The minimum atomic E-state index is -0.0124. The fourth-order valence-electron chi connectivity index (χ4n) is 22.9. The summed E-state index contributed by atoms with van der Waals surface area (Å²) in [5.41, 5.74) is 44.5. The Morgan fingerprint density at radius 3 is 0.594 bits per heavy atom. The highest BCUT2D eigenvalue weighted by Crippen LogP contribution is 2.52. The van der Waals surface area contributed by atoms with Crippen LogP contribution in [0.15, 0.2) is 461 Å². The lowest BCUT2D eigenvalue weighted by Crippen LogP contribution is -2.62. The summed E-state index contributed by atoms with van der Waals surface area (Å²) >= 11 is 0. The Morgan fingerprint density at radius 2 is 0.312 bits per heavy atom. The van der Waals surface area contributed by atoms with Gasteiger partial charge >= 0.3 is 0 Å². The molecule has 592 valence electrons. The van der Waals surface area contributed by atoms with Crippen LogP contribution in [0.1, 0.15) is 0 Å².